The molecule has 4 N–H and O–H groups in total. The van der Waals surface area contributed by atoms with Gasteiger partial charge < -0.3 is 49.7 Å². The van der Waals surface area contributed by atoms with Crippen LogP contribution in [0.1, 0.15) is 90.3 Å². The number of benzene rings is 7. The van der Waals surface area contributed by atoms with Crippen molar-refractivity contribution >= 4 is 52.9 Å². The molecule has 0 spiro atoms. The van der Waals surface area contributed by atoms with Gasteiger partial charge in [0.15, 0.2) is 42.2 Å². The van der Waals surface area contributed by atoms with Crippen LogP contribution in [0.15, 0.2) is 210 Å². The molecule has 0 unspecified atom stereocenters. The Hall–Kier alpha value is -11.5. The first-order valence-electron chi connectivity index (χ1n) is 29.0. The van der Waals surface area contributed by atoms with Crippen LogP contribution in [-0.4, -0.2) is 78.9 Å². The number of amides is 1. The highest BCUT2D eigenvalue weighted by molar-refractivity contribution is 6.12. The van der Waals surface area contributed by atoms with E-state index in [2.05, 4.69) is 32.2 Å². The monoisotopic (exact) mass is 1240 g/mol. The van der Waals surface area contributed by atoms with Crippen molar-refractivity contribution in [3.63, 3.8) is 0 Å². The minimum Gasteiger partial charge on any atom is -0.493 e. The molecule has 2 aromatic heterocycles. The number of nitrogens with two attached hydrogens (primary N) is 2. The van der Waals surface area contributed by atoms with Crippen molar-refractivity contribution in [1.82, 2.24) is 9.97 Å². The molecule has 0 aliphatic carbocycles. The molecule has 1 aliphatic heterocycles. The second kappa shape index (κ2) is 34.3. The van der Waals surface area contributed by atoms with Crippen molar-refractivity contribution in [2.45, 2.75) is 61.1 Å². The quantitative estimate of drug-likeness (QED) is 0.0237. The number of methoxy groups -OCH3 is 2. The molecule has 0 radical (unpaired) electrons. The van der Waals surface area contributed by atoms with Gasteiger partial charge in [0.1, 0.15) is 35.4 Å². The Kier molecular flexibility index (Phi) is 25.3. The summed E-state index contributed by atoms with van der Waals surface area (Å²) in [5.41, 5.74) is 23.6. The van der Waals surface area contributed by atoms with Crippen LogP contribution in [0.4, 0.5) is 15.8 Å². The van der Waals surface area contributed by atoms with Gasteiger partial charge in [-0.3, -0.25) is 24.5 Å². The lowest BCUT2D eigenvalue weighted by molar-refractivity contribution is -0.146. The Balaban J connectivity index is 0.000000175. The fourth-order valence-electron chi connectivity index (χ4n) is 8.69. The Morgan fingerprint density at radius 2 is 1.23 bits per heavy atom. The molecule has 3 heterocycles. The minimum atomic E-state index is -0.640. The normalized spacial score (nSPS) is 11.5. The fourth-order valence-corrected chi connectivity index (χ4v) is 8.69. The maximum absolute atomic E-state index is 12.9. The lowest BCUT2D eigenvalue weighted by Crippen LogP contribution is -2.23. The first-order valence-corrected chi connectivity index (χ1v) is 29.0. The van der Waals surface area contributed by atoms with Gasteiger partial charge in [-0.2, -0.15) is 0 Å². The largest absolute Gasteiger partial charge is 0.493 e. The summed E-state index contributed by atoms with van der Waals surface area (Å²) in [6.45, 7) is 11.9. The van der Waals surface area contributed by atoms with E-state index >= 15 is 0 Å². The van der Waals surface area contributed by atoms with Crippen LogP contribution >= 0.6 is 0 Å². The number of carbonyl (C=O) groups excluding carboxylic acids is 4. The number of ether oxygens (including phenoxy) is 5. The number of fused-ring (bicyclic) bond motifs is 1. The Bertz CT molecular complexity index is 4020. The van der Waals surface area contributed by atoms with Gasteiger partial charge in [-0.05, 0) is 190 Å². The lowest BCUT2D eigenvalue weighted by Gasteiger charge is -2.16. The lowest BCUT2D eigenvalue weighted by atomic mass is 10.1. The fraction of sp³-hybridized carbons (Fsp3) is 0.181. The summed E-state index contributed by atoms with van der Waals surface area (Å²) in [6, 6.07) is 52.7. The summed E-state index contributed by atoms with van der Waals surface area (Å²) in [7, 11) is 3.13. The predicted octanol–water partition coefficient (Wildman–Crippen LogP) is 12.7. The first-order chi connectivity index (χ1) is 44.4. The topological polar surface area (TPSA) is 251 Å². The average Bonchev–Trinajstić information content (AvgIpc) is 1.81. The van der Waals surface area contributed by atoms with Crippen LogP contribution in [-0.2, 0) is 38.8 Å². The van der Waals surface area contributed by atoms with Crippen LogP contribution < -0.4 is 40.1 Å². The molecule has 0 fully saturated rings. The molecule has 0 bridgehead atoms. The van der Waals surface area contributed by atoms with Gasteiger partial charge in [-0.1, -0.05) is 89.0 Å². The van der Waals surface area contributed by atoms with Crippen molar-refractivity contribution in [3.8, 4) is 28.7 Å². The first kappa shape index (κ1) is 68.0. The maximum atomic E-state index is 12.9. The van der Waals surface area contributed by atoms with E-state index < -0.39 is 11.9 Å². The summed E-state index contributed by atoms with van der Waals surface area (Å²) < 4.78 is 40.0. The van der Waals surface area contributed by atoms with Gasteiger partial charge in [0.05, 0.1) is 32.0 Å². The van der Waals surface area contributed by atoms with Gasteiger partial charge in [-0.15, -0.1) is 0 Å². The van der Waals surface area contributed by atoms with E-state index in [1.807, 2.05) is 137 Å². The van der Waals surface area contributed by atoms with Gasteiger partial charge in [0, 0.05) is 41.6 Å². The molecule has 0 saturated heterocycles. The molecular formula is C72H71FN8O11. The second-order valence-electron chi connectivity index (χ2n) is 20.5. The number of hydrogen-bond donors (Lipinski definition) is 2. The van der Waals surface area contributed by atoms with Crippen molar-refractivity contribution in [2.24, 2.45) is 26.8 Å². The number of anilines is 1. The number of ketones is 1. The van der Waals surface area contributed by atoms with Crippen LogP contribution in [0, 0.1) is 33.5 Å². The van der Waals surface area contributed by atoms with Gasteiger partial charge in [-0.25, -0.2) is 14.0 Å². The summed E-state index contributed by atoms with van der Waals surface area (Å²) in [4.78, 5) is 70.7. The molecular weight excluding hydrogens is 1170 g/mol. The van der Waals surface area contributed by atoms with Crippen molar-refractivity contribution in [3.05, 3.63) is 267 Å². The van der Waals surface area contributed by atoms with Crippen LogP contribution in [0.5, 0.6) is 28.7 Å². The molecule has 0 atom stereocenters. The highest BCUT2D eigenvalue weighted by Crippen LogP contribution is 2.40. The number of amidine groups is 2. The number of aryl methyl sites for hydroxylation is 5. The Morgan fingerprint density at radius 3 is 1.82 bits per heavy atom. The van der Waals surface area contributed by atoms with E-state index in [0.717, 1.165) is 56.9 Å². The summed E-state index contributed by atoms with van der Waals surface area (Å²) in [5.74, 6) is 1.69. The standard InChI is InChI=1S/C22H18FNO2.C17H19N3O3.C17H17NO3.C16H17N3O3/c1-16(25)19-6-10-21(11-7-19)24-14-17-4-12-22(13-5-17)26-15-18-2-8-20(23)9-3-18;1-3-13-4-5-15(12(2)10-13)22-11-16(21)23-20-17(18)14-6-8-19-9-7-14;1-11-4-7-13(8-5-11)18-10-12-6-9-14(20-2)16(21-3)15(12)17(18)19;1-11-6-7-14(12(2)9-11)21-10-15(20)22-19-16(17)13-5-3-4-8-18-13/h2-14H,15H2,1H3;4-10H,3,11H2,1-2H3,(H2,18,20);4-9H,10H2,1-3H3;3-9H,10H2,1-2H3,(H2,17,19). The molecule has 0 saturated carbocycles. The molecule has 7 aromatic carbocycles. The molecule has 9 aromatic rings. The number of rotatable bonds is 20. The number of aromatic nitrogens is 2. The van der Waals surface area contributed by atoms with Crippen LogP contribution in [0.3, 0.4) is 0 Å². The third-order valence-electron chi connectivity index (χ3n) is 13.7. The predicted molar refractivity (Wildman–Crippen MR) is 352 cm³/mol. The molecule has 92 heavy (non-hydrogen) atoms. The number of carbonyl (C=O) groups is 4. The molecule has 1 amide bonds. The average molecular weight is 1240 g/mol. The third-order valence-corrected chi connectivity index (χ3v) is 13.7. The molecule has 1 aliphatic rings. The van der Waals surface area contributed by atoms with E-state index in [1.54, 1.807) is 98.5 Å². The van der Waals surface area contributed by atoms with Gasteiger partial charge in [0.25, 0.3) is 5.91 Å². The zero-order valence-electron chi connectivity index (χ0n) is 52.3. The second-order valence-corrected chi connectivity index (χ2v) is 20.5. The van der Waals surface area contributed by atoms with Gasteiger partial charge >= 0.3 is 11.9 Å². The van der Waals surface area contributed by atoms with E-state index in [0.29, 0.717) is 58.5 Å². The smallest absolute Gasteiger partial charge is 0.372 e. The molecule has 10 rings (SSSR count). The van der Waals surface area contributed by atoms with E-state index in [4.69, 9.17) is 44.8 Å². The number of Topliss-reactive ketones (excluding diaryl/α,β-unsaturated/α-hetero) is 1. The van der Waals surface area contributed by atoms with Crippen molar-refractivity contribution in [2.75, 3.05) is 32.3 Å². The maximum Gasteiger partial charge on any atom is 0.372 e. The van der Waals surface area contributed by atoms with Gasteiger partial charge in [0.2, 0.25) is 0 Å². The van der Waals surface area contributed by atoms with E-state index in [9.17, 15) is 23.6 Å². The number of aliphatic imine (C=N–C) groups is 1. The van der Waals surface area contributed by atoms with Crippen molar-refractivity contribution in [1.29, 1.82) is 0 Å². The Morgan fingerprint density at radius 1 is 0.620 bits per heavy atom. The zero-order valence-corrected chi connectivity index (χ0v) is 52.3. The summed E-state index contributed by atoms with van der Waals surface area (Å²) in [6.07, 6.45) is 7.43. The van der Waals surface area contributed by atoms with E-state index in [-0.39, 0.29) is 42.4 Å². The van der Waals surface area contributed by atoms with Crippen LogP contribution in [0.25, 0.3) is 0 Å². The summed E-state index contributed by atoms with van der Waals surface area (Å²) >= 11 is 0. The summed E-state index contributed by atoms with van der Waals surface area (Å²) in [5, 5.41) is 7.14. The zero-order chi connectivity index (χ0) is 65.9. The highest BCUT2D eigenvalue weighted by atomic mass is 19.1. The third kappa shape index (κ3) is 20.5. The van der Waals surface area contributed by atoms with Crippen LogP contribution in [0.2, 0.25) is 0 Å². The number of pyridine rings is 2. The number of oxime groups is 2. The Labute approximate surface area is 533 Å². The number of nitrogens with zero attached hydrogens (tertiary/aromatic N) is 6. The van der Waals surface area contributed by atoms with E-state index in [1.165, 1.54) is 30.2 Å². The molecule has 472 valence electrons. The van der Waals surface area contributed by atoms with Crippen molar-refractivity contribution < 1.29 is 56.9 Å². The molecule has 20 heteroatoms. The molecule has 19 nitrogen and oxygen atoms in total. The highest BCUT2D eigenvalue weighted by Gasteiger charge is 2.33. The minimum absolute atomic E-state index is 0.0282. The SMILES string of the molecule is CC(=O)c1ccc(N=Cc2ccc(OCc3ccc(F)cc3)cc2)cc1.CCc1ccc(OCC(=O)O/N=C(\N)c2ccncc2)c(C)c1.COc1ccc2c(c1OC)C(=O)N(c1ccc(C)cc1)C2.Cc1ccc(OCC(=O)O/N=C(\N)c2ccccn2)c(C)c1. The number of halogens is 1. The number of hydrogen-bond acceptors (Lipinski definition) is 16.